The van der Waals surface area contributed by atoms with Crippen molar-refractivity contribution in [1.29, 1.82) is 0 Å². The fraction of sp³-hybridized carbons (Fsp3) is 0.400. The second kappa shape index (κ2) is 3.70. The van der Waals surface area contributed by atoms with Crippen molar-refractivity contribution < 1.29 is 0 Å². The van der Waals surface area contributed by atoms with E-state index in [1.807, 2.05) is 12.1 Å². The summed E-state index contributed by atoms with van der Waals surface area (Å²) in [6.45, 7) is 0. The van der Waals surface area contributed by atoms with Crippen molar-refractivity contribution in [3.05, 3.63) is 45.8 Å². The van der Waals surface area contributed by atoms with E-state index in [0.29, 0.717) is 0 Å². The molecule has 0 saturated heterocycles. The molecule has 0 fully saturated rings. The number of nitrogens with two attached hydrogens (primary N) is 1. The average Bonchev–Trinajstić information content (AvgIpc) is 2.19. The van der Waals surface area contributed by atoms with Crippen molar-refractivity contribution >= 4 is 0 Å². The number of azide groups is 1. The van der Waals surface area contributed by atoms with Gasteiger partial charge in [-0.15, -0.1) is 0 Å². The van der Waals surface area contributed by atoms with Gasteiger partial charge in [0.1, 0.15) is 0 Å². The third-order valence-electron chi connectivity index (χ3n) is 2.70. The van der Waals surface area contributed by atoms with Gasteiger partial charge in [0.15, 0.2) is 0 Å². The maximum Gasteiger partial charge on any atom is 0.0568 e. The van der Waals surface area contributed by atoms with E-state index >= 15 is 0 Å². The molecule has 0 amide bonds. The highest BCUT2D eigenvalue weighted by atomic mass is 15.2. The molecule has 1 unspecified atom stereocenters. The standard InChI is InChI=1S/C10H12N4/c11-9-5-7-3-1-2-4-8(7)6-10(9)13-14-12/h1-4,9-10H,5-6,11H2/t9-,10?/m0/s1. The first-order chi connectivity index (χ1) is 6.81. The molecule has 2 rings (SSSR count). The van der Waals surface area contributed by atoms with Crippen LogP contribution in [0.15, 0.2) is 29.4 Å². The number of rotatable bonds is 1. The van der Waals surface area contributed by atoms with Crippen LogP contribution in [0.5, 0.6) is 0 Å². The summed E-state index contributed by atoms with van der Waals surface area (Å²) < 4.78 is 0. The molecule has 0 aromatic heterocycles. The number of nitrogens with zero attached hydrogens (tertiary/aromatic N) is 3. The van der Waals surface area contributed by atoms with E-state index < -0.39 is 0 Å². The Morgan fingerprint density at radius 1 is 1.29 bits per heavy atom. The molecular formula is C10H12N4. The highest BCUT2D eigenvalue weighted by Crippen LogP contribution is 2.22. The van der Waals surface area contributed by atoms with Crippen LogP contribution in [0.2, 0.25) is 0 Å². The van der Waals surface area contributed by atoms with E-state index in [1.165, 1.54) is 11.1 Å². The van der Waals surface area contributed by atoms with E-state index in [9.17, 15) is 0 Å². The average molecular weight is 188 g/mol. The summed E-state index contributed by atoms with van der Waals surface area (Å²) in [5, 5.41) is 3.72. The highest BCUT2D eigenvalue weighted by Gasteiger charge is 2.24. The Morgan fingerprint density at radius 2 is 1.93 bits per heavy atom. The Balaban J connectivity index is 2.30. The topological polar surface area (TPSA) is 74.8 Å². The van der Waals surface area contributed by atoms with Crippen LogP contribution in [0.4, 0.5) is 0 Å². The molecule has 0 saturated carbocycles. The van der Waals surface area contributed by atoms with Crippen molar-refractivity contribution in [3.8, 4) is 0 Å². The second-order valence-corrected chi connectivity index (χ2v) is 3.61. The first kappa shape index (κ1) is 9.06. The van der Waals surface area contributed by atoms with Crippen LogP contribution < -0.4 is 5.73 Å². The molecular weight excluding hydrogens is 176 g/mol. The van der Waals surface area contributed by atoms with Crippen LogP contribution in [0.1, 0.15) is 11.1 Å². The Labute approximate surface area is 82.4 Å². The summed E-state index contributed by atoms with van der Waals surface area (Å²) in [4.78, 5) is 2.83. The molecule has 1 aromatic rings. The molecule has 4 heteroatoms. The van der Waals surface area contributed by atoms with Gasteiger partial charge in [-0.25, -0.2) is 0 Å². The summed E-state index contributed by atoms with van der Waals surface area (Å²) in [5.41, 5.74) is 16.8. The van der Waals surface area contributed by atoms with Crippen LogP contribution in [0.3, 0.4) is 0 Å². The van der Waals surface area contributed by atoms with Crippen LogP contribution in [0.25, 0.3) is 10.4 Å². The Morgan fingerprint density at radius 3 is 2.57 bits per heavy atom. The van der Waals surface area contributed by atoms with Gasteiger partial charge in [-0.1, -0.05) is 29.4 Å². The summed E-state index contributed by atoms with van der Waals surface area (Å²) in [7, 11) is 0. The number of benzene rings is 1. The van der Waals surface area contributed by atoms with Crippen LogP contribution >= 0.6 is 0 Å². The lowest BCUT2D eigenvalue weighted by Crippen LogP contribution is -2.40. The van der Waals surface area contributed by atoms with E-state index in [-0.39, 0.29) is 12.1 Å². The van der Waals surface area contributed by atoms with Gasteiger partial charge >= 0.3 is 0 Å². The predicted molar refractivity (Wildman–Crippen MR) is 54.8 cm³/mol. The highest BCUT2D eigenvalue weighted by molar-refractivity contribution is 5.32. The van der Waals surface area contributed by atoms with Crippen molar-refractivity contribution in [1.82, 2.24) is 0 Å². The summed E-state index contributed by atoms with van der Waals surface area (Å²) >= 11 is 0. The van der Waals surface area contributed by atoms with Gasteiger partial charge in [-0.2, -0.15) is 0 Å². The molecule has 0 bridgehead atoms. The molecule has 0 radical (unpaired) electrons. The number of hydrogen-bond acceptors (Lipinski definition) is 2. The minimum Gasteiger partial charge on any atom is -0.327 e. The van der Waals surface area contributed by atoms with Gasteiger partial charge in [0.2, 0.25) is 0 Å². The van der Waals surface area contributed by atoms with Gasteiger partial charge in [-0.3, -0.25) is 0 Å². The molecule has 1 aliphatic carbocycles. The maximum atomic E-state index is 8.39. The molecule has 0 spiro atoms. The van der Waals surface area contributed by atoms with Crippen LogP contribution in [-0.2, 0) is 12.8 Å². The molecule has 4 nitrogen and oxygen atoms in total. The largest absolute Gasteiger partial charge is 0.327 e. The van der Waals surface area contributed by atoms with E-state index in [4.69, 9.17) is 11.3 Å². The second-order valence-electron chi connectivity index (χ2n) is 3.61. The molecule has 2 N–H and O–H groups in total. The first-order valence-electron chi connectivity index (χ1n) is 4.68. The van der Waals surface area contributed by atoms with Gasteiger partial charge in [0.25, 0.3) is 0 Å². The van der Waals surface area contributed by atoms with Gasteiger partial charge in [0.05, 0.1) is 6.04 Å². The quantitative estimate of drug-likeness (QED) is 0.407. The van der Waals surface area contributed by atoms with E-state index in [1.54, 1.807) is 0 Å². The van der Waals surface area contributed by atoms with Crippen molar-refractivity contribution in [3.63, 3.8) is 0 Å². The minimum atomic E-state index is -0.0881. The van der Waals surface area contributed by atoms with Crippen molar-refractivity contribution in [2.24, 2.45) is 10.8 Å². The Hall–Kier alpha value is -1.51. The van der Waals surface area contributed by atoms with Crippen LogP contribution in [0, 0.1) is 0 Å². The van der Waals surface area contributed by atoms with E-state index in [0.717, 1.165) is 12.8 Å². The van der Waals surface area contributed by atoms with Crippen molar-refractivity contribution in [2.75, 3.05) is 0 Å². The minimum absolute atomic E-state index is 0.0409. The predicted octanol–water partition coefficient (Wildman–Crippen LogP) is 1.79. The fourth-order valence-corrected chi connectivity index (χ4v) is 1.92. The maximum absolute atomic E-state index is 8.39. The van der Waals surface area contributed by atoms with Gasteiger partial charge in [-0.05, 0) is 29.5 Å². The number of fused-ring (bicyclic) bond motifs is 1. The lowest BCUT2D eigenvalue weighted by Gasteiger charge is -2.27. The summed E-state index contributed by atoms with van der Waals surface area (Å²) in [6, 6.07) is 8.04. The third kappa shape index (κ3) is 1.58. The lowest BCUT2D eigenvalue weighted by molar-refractivity contribution is 0.491. The lowest BCUT2D eigenvalue weighted by atomic mass is 9.85. The molecule has 1 aromatic carbocycles. The van der Waals surface area contributed by atoms with Gasteiger partial charge in [0, 0.05) is 11.0 Å². The third-order valence-corrected chi connectivity index (χ3v) is 2.70. The zero-order chi connectivity index (χ0) is 9.97. The SMILES string of the molecule is [N-]=[N+]=NC1Cc2ccccc2C[C@@H]1N. The zero-order valence-electron chi connectivity index (χ0n) is 7.80. The molecule has 72 valence electrons. The fourth-order valence-electron chi connectivity index (χ4n) is 1.92. The monoisotopic (exact) mass is 188 g/mol. The smallest absolute Gasteiger partial charge is 0.0568 e. The molecule has 0 aliphatic heterocycles. The van der Waals surface area contributed by atoms with E-state index in [2.05, 4.69) is 22.2 Å². The van der Waals surface area contributed by atoms with Gasteiger partial charge < -0.3 is 5.73 Å². The first-order valence-corrected chi connectivity index (χ1v) is 4.68. The molecule has 2 atom stereocenters. The number of hydrogen-bond donors (Lipinski definition) is 1. The molecule has 0 heterocycles. The Kier molecular flexibility index (Phi) is 2.39. The summed E-state index contributed by atoms with van der Waals surface area (Å²) in [6.07, 6.45) is 1.57. The normalized spacial score (nSPS) is 24.9. The molecule has 1 aliphatic rings. The molecule has 14 heavy (non-hydrogen) atoms. The zero-order valence-corrected chi connectivity index (χ0v) is 7.80. The van der Waals surface area contributed by atoms with Crippen molar-refractivity contribution in [2.45, 2.75) is 24.9 Å². The summed E-state index contributed by atoms with van der Waals surface area (Å²) in [5.74, 6) is 0. The Bertz CT molecular complexity index is 381. The van der Waals surface area contributed by atoms with Crippen LogP contribution in [-0.4, -0.2) is 12.1 Å².